The van der Waals surface area contributed by atoms with Crippen molar-refractivity contribution in [2.24, 2.45) is 0 Å². The summed E-state index contributed by atoms with van der Waals surface area (Å²) >= 11 is 0. The van der Waals surface area contributed by atoms with E-state index in [1.54, 1.807) is 0 Å². The molecule has 4 heteroatoms. The monoisotopic (exact) mass is 262 g/mol. The van der Waals surface area contributed by atoms with Crippen molar-refractivity contribution < 1.29 is 0 Å². The van der Waals surface area contributed by atoms with Gasteiger partial charge >= 0.3 is 0 Å². The van der Waals surface area contributed by atoms with Gasteiger partial charge in [-0.25, -0.2) is 4.98 Å². The van der Waals surface area contributed by atoms with E-state index in [0.29, 0.717) is 0 Å². The van der Waals surface area contributed by atoms with Crippen LogP contribution in [0.2, 0.25) is 0 Å². The predicted molar refractivity (Wildman–Crippen MR) is 80.7 cm³/mol. The Kier molecular flexibility index (Phi) is 5.16. The first-order valence-electron chi connectivity index (χ1n) is 7.38. The minimum Gasteiger partial charge on any atom is -0.354 e. The number of likely N-dealkylation sites (N-methyl/N-ethyl adjacent to an activating group) is 1. The molecule has 106 valence electrons. The lowest BCUT2D eigenvalue weighted by molar-refractivity contribution is 0.270. The molecular formula is C15H26N4. The smallest absolute Gasteiger partial charge is 0.131 e. The molecule has 0 atom stereocenters. The third kappa shape index (κ3) is 3.67. The first kappa shape index (κ1) is 14.3. The second kappa shape index (κ2) is 6.87. The summed E-state index contributed by atoms with van der Waals surface area (Å²) in [5.41, 5.74) is 2.57. The van der Waals surface area contributed by atoms with Crippen LogP contribution in [0, 0.1) is 6.92 Å². The average Bonchev–Trinajstić information content (AvgIpc) is 2.45. The van der Waals surface area contributed by atoms with E-state index in [2.05, 4.69) is 46.9 Å². The van der Waals surface area contributed by atoms with E-state index in [4.69, 9.17) is 0 Å². The highest BCUT2D eigenvalue weighted by atomic mass is 15.3. The van der Waals surface area contributed by atoms with Gasteiger partial charge in [-0.2, -0.15) is 0 Å². The van der Waals surface area contributed by atoms with Gasteiger partial charge in [0.05, 0.1) is 0 Å². The Bertz CT molecular complexity index is 397. The second-order valence-corrected chi connectivity index (χ2v) is 5.19. The average molecular weight is 262 g/mol. The highest BCUT2D eigenvalue weighted by Gasteiger charge is 2.18. The molecule has 0 radical (unpaired) electrons. The number of aromatic nitrogens is 1. The van der Waals surface area contributed by atoms with Gasteiger partial charge in [-0.15, -0.1) is 0 Å². The summed E-state index contributed by atoms with van der Waals surface area (Å²) in [6.45, 7) is 14.1. The SMILES string of the molecule is CCNCc1cnc(N2CCN(CC)CC2)c(C)c1. The van der Waals surface area contributed by atoms with Crippen molar-refractivity contribution in [1.29, 1.82) is 0 Å². The number of aryl methyl sites for hydroxylation is 1. The highest BCUT2D eigenvalue weighted by Crippen LogP contribution is 2.19. The molecule has 0 aliphatic carbocycles. The highest BCUT2D eigenvalue weighted by molar-refractivity contribution is 5.47. The van der Waals surface area contributed by atoms with Crippen LogP contribution in [-0.4, -0.2) is 49.2 Å². The first-order chi connectivity index (χ1) is 9.24. The zero-order valence-electron chi connectivity index (χ0n) is 12.4. The number of piperazine rings is 1. The molecule has 1 N–H and O–H groups in total. The maximum atomic E-state index is 4.67. The van der Waals surface area contributed by atoms with E-state index in [9.17, 15) is 0 Å². The summed E-state index contributed by atoms with van der Waals surface area (Å²) in [4.78, 5) is 9.58. The number of pyridine rings is 1. The summed E-state index contributed by atoms with van der Waals surface area (Å²) in [5, 5.41) is 3.34. The van der Waals surface area contributed by atoms with Gasteiger partial charge in [-0.1, -0.05) is 13.8 Å². The van der Waals surface area contributed by atoms with Crippen LogP contribution in [0.1, 0.15) is 25.0 Å². The molecule has 1 saturated heterocycles. The molecule has 19 heavy (non-hydrogen) atoms. The van der Waals surface area contributed by atoms with Gasteiger partial charge in [-0.05, 0) is 37.2 Å². The lowest BCUT2D eigenvalue weighted by Crippen LogP contribution is -2.46. The van der Waals surface area contributed by atoms with Gasteiger partial charge in [0, 0.05) is 38.9 Å². The summed E-state index contributed by atoms with van der Waals surface area (Å²) in [5.74, 6) is 1.16. The topological polar surface area (TPSA) is 31.4 Å². The van der Waals surface area contributed by atoms with Crippen LogP contribution in [0.3, 0.4) is 0 Å². The van der Waals surface area contributed by atoms with Crippen molar-refractivity contribution in [3.05, 3.63) is 23.4 Å². The third-order valence-electron chi connectivity index (χ3n) is 3.81. The Labute approximate surface area is 116 Å². The van der Waals surface area contributed by atoms with Crippen molar-refractivity contribution in [1.82, 2.24) is 15.2 Å². The molecule has 4 nitrogen and oxygen atoms in total. The van der Waals surface area contributed by atoms with Crippen molar-refractivity contribution in [2.45, 2.75) is 27.3 Å². The summed E-state index contributed by atoms with van der Waals surface area (Å²) in [7, 11) is 0. The summed E-state index contributed by atoms with van der Waals surface area (Å²) in [6.07, 6.45) is 2.01. The Hall–Kier alpha value is -1.13. The van der Waals surface area contributed by atoms with Gasteiger partial charge in [-0.3, -0.25) is 0 Å². The molecule has 1 aromatic rings. The maximum absolute atomic E-state index is 4.67. The minimum absolute atomic E-state index is 0.911. The number of nitrogens with one attached hydrogen (secondary N) is 1. The number of nitrogens with zero attached hydrogens (tertiary/aromatic N) is 3. The van der Waals surface area contributed by atoms with Gasteiger partial charge in [0.15, 0.2) is 0 Å². The maximum Gasteiger partial charge on any atom is 0.131 e. The van der Waals surface area contributed by atoms with Crippen LogP contribution in [0.5, 0.6) is 0 Å². The Balaban J connectivity index is 2.01. The Morgan fingerprint density at radius 3 is 2.53 bits per heavy atom. The fraction of sp³-hybridized carbons (Fsp3) is 0.667. The molecule has 1 fully saturated rings. The quantitative estimate of drug-likeness (QED) is 0.874. The summed E-state index contributed by atoms with van der Waals surface area (Å²) < 4.78 is 0. The lowest BCUT2D eigenvalue weighted by Gasteiger charge is -2.35. The standard InChI is InChI=1S/C15H26N4/c1-4-16-11-14-10-13(3)15(17-12-14)19-8-6-18(5-2)7-9-19/h10,12,16H,4-9,11H2,1-3H3. The molecule has 2 rings (SSSR count). The van der Waals surface area contributed by atoms with E-state index in [1.807, 2.05) is 6.20 Å². The summed E-state index contributed by atoms with van der Waals surface area (Å²) in [6, 6.07) is 2.26. The normalized spacial score (nSPS) is 16.9. The molecule has 2 heterocycles. The van der Waals surface area contributed by atoms with Crippen LogP contribution in [0.15, 0.2) is 12.3 Å². The van der Waals surface area contributed by atoms with Crippen molar-refractivity contribution in [3.63, 3.8) is 0 Å². The zero-order valence-corrected chi connectivity index (χ0v) is 12.4. The van der Waals surface area contributed by atoms with E-state index in [0.717, 1.165) is 51.6 Å². The Morgan fingerprint density at radius 1 is 1.21 bits per heavy atom. The predicted octanol–water partition coefficient (Wildman–Crippen LogP) is 1.64. The van der Waals surface area contributed by atoms with E-state index < -0.39 is 0 Å². The lowest BCUT2D eigenvalue weighted by atomic mass is 10.2. The molecular weight excluding hydrogens is 236 g/mol. The van der Waals surface area contributed by atoms with E-state index in [-0.39, 0.29) is 0 Å². The zero-order chi connectivity index (χ0) is 13.7. The van der Waals surface area contributed by atoms with Gasteiger partial charge in [0.2, 0.25) is 0 Å². The number of rotatable bonds is 5. The molecule has 1 aliphatic rings. The molecule has 0 unspecified atom stereocenters. The minimum atomic E-state index is 0.911. The van der Waals surface area contributed by atoms with Gasteiger partial charge in [0.1, 0.15) is 5.82 Å². The number of anilines is 1. The fourth-order valence-corrected chi connectivity index (χ4v) is 2.60. The van der Waals surface area contributed by atoms with Crippen LogP contribution in [-0.2, 0) is 6.54 Å². The molecule has 0 bridgehead atoms. The van der Waals surface area contributed by atoms with Crippen LogP contribution in [0.4, 0.5) is 5.82 Å². The van der Waals surface area contributed by atoms with Crippen LogP contribution >= 0.6 is 0 Å². The fourth-order valence-electron chi connectivity index (χ4n) is 2.60. The molecule has 0 aromatic carbocycles. The number of hydrogen-bond donors (Lipinski definition) is 1. The molecule has 0 amide bonds. The molecule has 0 spiro atoms. The second-order valence-electron chi connectivity index (χ2n) is 5.19. The van der Waals surface area contributed by atoms with Crippen LogP contribution in [0.25, 0.3) is 0 Å². The van der Waals surface area contributed by atoms with E-state index in [1.165, 1.54) is 11.1 Å². The Morgan fingerprint density at radius 2 is 1.95 bits per heavy atom. The molecule has 1 aromatic heterocycles. The molecule has 1 aliphatic heterocycles. The van der Waals surface area contributed by atoms with Gasteiger partial charge in [0.25, 0.3) is 0 Å². The largest absolute Gasteiger partial charge is 0.354 e. The van der Waals surface area contributed by atoms with Crippen molar-refractivity contribution in [3.8, 4) is 0 Å². The van der Waals surface area contributed by atoms with Crippen molar-refractivity contribution in [2.75, 3.05) is 44.2 Å². The number of hydrogen-bond acceptors (Lipinski definition) is 4. The first-order valence-corrected chi connectivity index (χ1v) is 7.38. The van der Waals surface area contributed by atoms with E-state index >= 15 is 0 Å². The van der Waals surface area contributed by atoms with Crippen LogP contribution < -0.4 is 10.2 Å². The van der Waals surface area contributed by atoms with Gasteiger partial charge < -0.3 is 15.1 Å². The molecule has 0 saturated carbocycles. The third-order valence-corrected chi connectivity index (χ3v) is 3.81. The van der Waals surface area contributed by atoms with Crippen molar-refractivity contribution >= 4 is 5.82 Å².